The summed E-state index contributed by atoms with van der Waals surface area (Å²) in [6.07, 6.45) is 9.26. The molecular weight excluding hydrogens is 378 g/mol. The van der Waals surface area contributed by atoms with Gasteiger partial charge in [-0.25, -0.2) is 4.79 Å². The van der Waals surface area contributed by atoms with Crippen molar-refractivity contribution >= 4 is 17.6 Å². The molecule has 0 bridgehead atoms. The van der Waals surface area contributed by atoms with Crippen molar-refractivity contribution in [2.24, 2.45) is 0 Å². The Bertz CT molecular complexity index is 947. The number of rotatable bonds is 5. The van der Waals surface area contributed by atoms with E-state index in [-0.39, 0.29) is 24.5 Å². The molecule has 156 valence electrons. The Hall–Kier alpha value is -2.73. The number of nitrogens with zero attached hydrogens (tertiary/aromatic N) is 2. The zero-order valence-electron chi connectivity index (χ0n) is 17.1. The van der Waals surface area contributed by atoms with E-state index in [9.17, 15) is 9.59 Å². The molecule has 6 nitrogen and oxygen atoms in total. The van der Waals surface area contributed by atoms with Gasteiger partial charge in [0.25, 0.3) is 0 Å². The Morgan fingerprint density at radius 3 is 2.67 bits per heavy atom. The summed E-state index contributed by atoms with van der Waals surface area (Å²) in [6.45, 7) is 1.54. The first-order chi connectivity index (χ1) is 14.7. The number of esters is 1. The normalized spacial score (nSPS) is 20.9. The van der Waals surface area contributed by atoms with Crippen LogP contribution in [0.2, 0.25) is 0 Å². The number of hydrogen-bond donors (Lipinski definition) is 1. The topological polar surface area (TPSA) is 71.5 Å². The third-order valence-corrected chi connectivity index (χ3v) is 6.61. The highest BCUT2D eigenvalue weighted by atomic mass is 16.5. The van der Waals surface area contributed by atoms with E-state index in [0.717, 1.165) is 29.9 Å². The van der Waals surface area contributed by atoms with Crippen LogP contribution in [0, 0.1) is 0 Å². The van der Waals surface area contributed by atoms with Gasteiger partial charge < -0.3 is 15.0 Å². The van der Waals surface area contributed by atoms with Crippen molar-refractivity contribution < 1.29 is 14.3 Å². The molecule has 1 aliphatic carbocycles. The van der Waals surface area contributed by atoms with Gasteiger partial charge >= 0.3 is 5.97 Å². The van der Waals surface area contributed by atoms with Crippen LogP contribution >= 0.6 is 0 Å². The highest BCUT2D eigenvalue weighted by Gasteiger charge is 2.31. The number of benzene rings is 1. The highest BCUT2D eigenvalue weighted by Crippen LogP contribution is 2.32. The van der Waals surface area contributed by atoms with Gasteiger partial charge in [0, 0.05) is 17.4 Å². The lowest BCUT2D eigenvalue weighted by Crippen LogP contribution is -2.54. The predicted octanol–water partition coefficient (Wildman–Crippen LogP) is 3.69. The van der Waals surface area contributed by atoms with Crippen LogP contribution in [0.3, 0.4) is 0 Å². The molecule has 30 heavy (non-hydrogen) atoms. The standard InChI is InChI=1S/C24H27N3O3/c28-23(22-10-11-25-22)27(20-8-9-21-18(12-20)15-30-24(21)29)14-19-7-6-17(13-26-19)16-4-2-1-3-5-16/h6-9,12-13,16,22,25H,1-5,10-11,14-15H2/t22-/m1/s1. The summed E-state index contributed by atoms with van der Waals surface area (Å²) in [7, 11) is 0. The molecule has 2 aromatic rings. The predicted molar refractivity (Wildman–Crippen MR) is 113 cm³/mol. The van der Waals surface area contributed by atoms with Crippen molar-refractivity contribution in [1.82, 2.24) is 10.3 Å². The average molecular weight is 405 g/mol. The van der Waals surface area contributed by atoms with Gasteiger partial charge in [-0.1, -0.05) is 25.3 Å². The molecule has 6 heteroatoms. The van der Waals surface area contributed by atoms with Crippen LogP contribution in [0.25, 0.3) is 0 Å². The van der Waals surface area contributed by atoms with Crippen LogP contribution in [-0.2, 0) is 22.7 Å². The number of hydrogen-bond acceptors (Lipinski definition) is 5. The molecule has 2 aliphatic heterocycles. The number of pyridine rings is 1. The maximum absolute atomic E-state index is 13.1. The maximum atomic E-state index is 13.1. The van der Waals surface area contributed by atoms with Gasteiger partial charge in [-0.3, -0.25) is 9.78 Å². The lowest BCUT2D eigenvalue weighted by Gasteiger charge is -2.33. The van der Waals surface area contributed by atoms with Crippen molar-refractivity contribution in [2.75, 3.05) is 11.4 Å². The summed E-state index contributed by atoms with van der Waals surface area (Å²) in [5, 5.41) is 3.20. The maximum Gasteiger partial charge on any atom is 0.338 e. The summed E-state index contributed by atoms with van der Waals surface area (Å²) in [6, 6.07) is 9.56. The number of carbonyl (C=O) groups excluding carboxylic acids is 2. The minimum atomic E-state index is -0.296. The third-order valence-electron chi connectivity index (χ3n) is 6.61. The fourth-order valence-corrected chi connectivity index (χ4v) is 4.64. The summed E-state index contributed by atoms with van der Waals surface area (Å²) < 4.78 is 5.12. The number of nitrogens with one attached hydrogen (secondary N) is 1. The van der Waals surface area contributed by atoms with Gasteiger partial charge in [0.2, 0.25) is 5.91 Å². The Balaban J connectivity index is 1.38. The number of fused-ring (bicyclic) bond motifs is 1. The quantitative estimate of drug-likeness (QED) is 0.768. The van der Waals surface area contributed by atoms with Crippen molar-refractivity contribution in [3.63, 3.8) is 0 Å². The molecule has 0 spiro atoms. The average Bonchev–Trinajstić information content (AvgIpc) is 3.12. The number of ether oxygens (including phenoxy) is 1. The second-order valence-corrected chi connectivity index (χ2v) is 8.56. The molecule has 1 aromatic heterocycles. The first kappa shape index (κ1) is 19.2. The molecule has 2 fully saturated rings. The van der Waals surface area contributed by atoms with E-state index in [4.69, 9.17) is 9.72 Å². The Kier molecular flexibility index (Phi) is 5.25. The van der Waals surface area contributed by atoms with Crippen LogP contribution in [0.15, 0.2) is 36.5 Å². The molecule has 3 aliphatic rings. The highest BCUT2D eigenvalue weighted by molar-refractivity contribution is 5.99. The zero-order chi connectivity index (χ0) is 20.5. The van der Waals surface area contributed by atoms with Crippen LogP contribution in [0.5, 0.6) is 0 Å². The monoisotopic (exact) mass is 405 g/mol. The molecule has 0 radical (unpaired) electrons. The number of cyclic esters (lactones) is 1. The first-order valence-electron chi connectivity index (χ1n) is 11.0. The van der Waals surface area contributed by atoms with Crippen molar-refractivity contribution in [3.8, 4) is 0 Å². The van der Waals surface area contributed by atoms with Crippen LogP contribution in [0.4, 0.5) is 5.69 Å². The summed E-state index contributed by atoms with van der Waals surface area (Å²) >= 11 is 0. The molecule has 1 aromatic carbocycles. The van der Waals surface area contributed by atoms with Crippen LogP contribution in [0.1, 0.15) is 71.6 Å². The number of anilines is 1. The van der Waals surface area contributed by atoms with Gasteiger partial charge in [0.05, 0.1) is 23.8 Å². The number of carbonyl (C=O) groups is 2. The van der Waals surface area contributed by atoms with Gasteiger partial charge in [0.15, 0.2) is 0 Å². The van der Waals surface area contributed by atoms with E-state index in [1.54, 1.807) is 11.0 Å². The minimum absolute atomic E-state index is 0.0459. The molecule has 5 rings (SSSR count). The molecule has 1 saturated carbocycles. The van der Waals surface area contributed by atoms with Gasteiger partial charge in [0.1, 0.15) is 6.61 Å². The lowest BCUT2D eigenvalue weighted by molar-refractivity contribution is -0.122. The minimum Gasteiger partial charge on any atom is -0.457 e. The second kappa shape index (κ2) is 8.19. The summed E-state index contributed by atoms with van der Waals surface area (Å²) in [5.74, 6) is 0.367. The molecule has 1 N–H and O–H groups in total. The molecule has 1 saturated heterocycles. The van der Waals surface area contributed by atoms with Crippen molar-refractivity contribution in [2.45, 2.75) is 63.6 Å². The fraction of sp³-hybridized carbons (Fsp3) is 0.458. The van der Waals surface area contributed by atoms with Crippen molar-refractivity contribution in [3.05, 3.63) is 58.9 Å². The molecule has 1 amide bonds. The van der Waals surface area contributed by atoms with Gasteiger partial charge in [-0.05, 0) is 61.6 Å². The van der Waals surface area contributed by atoms with E-state index < -0.39 is 0 Å². The number of aromatic nitrogens is 1. The smallest absolute Gasteiger partial charge is 0.338 e. The first-order valence-corrected chi connectivity index (χ1v) is 11.0. The largest absolute Gasteiger partial charge is 0.457 e. The van der Waals surface area contributed by atoms with Crippen LogP contribution in [-0.4, -0.2) is 29.4 Å². The molecule has 0 unspecified atom stereocenters. The summed E-state index contributed by atoms with van der Waals surface area (Å²) in [5.41, 5.74) is 4.38. The summed E-state index contributed by atoms with van der Waals surface area (Å²) in [4.78, 5) is 31.4. The Morgan fingerprint density at radius 2 is 1.97 bits per heavy atom. The van der Waals surface area contributed by atoms with E-state index in [1.807, 2.05) is 18.3 Å². The molecule has 1 atom stereocenters. The van der Waals surface area contributed by atoms with E-state index in [1.165, 1.54) is 37.7 Å². The Labute approximate surface area is 176 Å². The SMILES string of the molecule is O=C1OCc2cc(N(Cc3ccc(C4CCCCC4)cn3)C(=O)[C@H]3CCN3)ccc21. The lowest BCUT2D eigenvalue weighted by atomic mass is 9.85. The van der Waals surface area contributed by atoms with Gasteiger partial charge in [-0.15, -0.1) is 0 Å². The third kappa shape index (κ3) is 3.72. The van der Waals surface area contributed by atoms with Gasteiger partial charge in [-0.2, -0.15) is 0 Å². The Morgan fingerprint density at radius 1 is 1.13 bits per heavy atom. The molecule has 3 heterocycles. The fourth-order valence-electron chi connectivity index (χ4n) is 4.64. The second-order valence-electron chi connectivity index (χ2n) is 8.56. The zero-order valence-corrected chi connectivity index (χ0v) is 17.1. The van der Waals surface area contributed by atoms with Crippen molar-refractivity contribution in [1.29, 1.82) is 0 Å². The molecular formula is C24H27N3O3. The van der Waals surface area contributed by atoms with E-state index >= 15 is 0 Å². The number of amides is 1. The van der Waals surface area contributed by atoms with Crippen LogP contribution < -0.4 is 10.2 Å². The van der Waals surface area contributed by atoms with E-state index in [0.29, 0.717) is 18.0 Å². The van der Waals surface area contributed by atoms with E-state index in [2.05, 4.69) is 17.4 Å².